The standard InChI is InChI=1S/C18H13ClF3N5O/c19-17-15(9-25-27(17)12-1-3-23-24-8-12)26-4-2-11(18(26)28)5-10-6-13(20)16(22)14(21)7-10/h1,3,6-9,11H,2,4-5H2. The molecule has 1 atom stereocenters. The molecule has 0 bridgehead atoms. The minimum atomic E-state index is -1.52. The van der Waals surface area contributed by atoms with Gasteiger partial charge in [0.1, 0.15) is 5.69 Å². The first-order valence-electron chi connectivity index (χ1n) is 8.41. The largest absolute Gasteiger partial charge is 0.308 e. The first kappa shape index (κ1) is 18.4. The van der Waals surface area contributed by atoms with Gasteiger partial charge >= 0.3 is 0 Å². The fourth-order valence-electron chi connectivity index (χ4n) is 3.27. The van der Waals surface area contributed by atoms with E-state index in [4.69, 9.17) is 11.6 Å². The molecular formula is C18H13ClF3N5O. The fourth-order valence-corrected chi connectivity index (χ4v) is 3.56. The molecule has 1 aliphatic heterocycles. The molecule has 1 amide bonds. The molecule has 2 aromatic heterocycles. The molecule has 1 fully saturated rings. The Balaban J connectivity index is 1.55. The van der Waals surface area contributed by atoms with Gasteiger partial charge in [-0.2, -0.15) is 15.3 Å². The second-order valence-electron chi connectivity index (χ2n) is 6.39. The third-order valence-electron chi connectivity index (χ3n) is 4.64. The van der Waals surface area contributed by atoms with Crippen molar-refractivity contribution >= 4 is 23.2 Å². The number of halogens is 4. The number of anilines is 1. The maximum absolute atomic E-state index is 13.4. The topological polar surface area (TPSA) is 63.9 Å². The molecule has 1 aromatic carbocycles. The van der Waals surface area contributed by atoms with Crippen LogP contribution in [0.15, 0.2) is 36.8 Å². The van der Waals surface area contributed by atoms with Gasteiger partial charge < -0.3 is 4.90 Å². The number of hydrogen-bond donors (Lipinski definition) is 0. The summed E-state index contributed by atoms with van der Waals surface area (Å²) in [6.07, 6.45) is 5.02. The van der Waals surface area contributed by atoms with Crippen molar-refractivity contribution in [3.63, 3.8) is 0 Å². The summed E-state index contributed by atoms with van der Waals surface area (Å²) in [7, 11) is 0. The molecule has 28 heavy (non-hydrogen) atoms. The van der Waals surface area contributed by atoms with Gasteiger partial charge in [0.15, 0.2) is 22.6 Å². The highest BCUT2D eigenvalue weighted by Crippen LogP contribution is 2.33. The molecule has 3 aromatic rings. The number of rotatable bonds is 4. The minimum Gasteiger partial charge on any atom is -0.308 e. The van der Waals surface area contributed by atoms with Crippen molar-refractivity contribution in [3.8, 4) is 5.69 Å². The number of carbonyl (C=O) groups excluding carboxylic acids is 1. The molecule has 144 valence electrons. The van der Waals surface area contributed by atoms with Crippen LogP contribution in [0.5, 0.6) is 0 Å². The smallest absolute Gasteiger partial charge is 0.230 e. The Bertz CT molecular complexity index is 1020. The van der Waals surface area contributed by atoms with Crippen LogP contribution in [0.1, 0.15) is 12.0 Å². The van der Waals surface area contributed by atoms with Gasteiger partial charge in [-0.05, 0) is 36.6 Å². The Morgan fingerprint density at radius 3 is 2.57 bits per heavy atom. The molecule has 1 aliphatic rings. The lowest BCUT2D eigenvalue weighted by Crippen LogP contribution is -2.27. The van der Waals surface area contributed by atoms with Gasteiger partial charge in [0.2, 0.25) is 5.91 Å². The zero-order valence-corrected chi connectivity index (χ0v) is 15.1. The second-order valence-corrected chi connectivity index (χ2v) is 6.74. The van der Waals surface area contributed by atoms with Crippen LogP contribution in [0.3, 0.4) is 0 Å². The van der Waals surface area contributed by atoms with E-state index in [9.17, 15) is 18.0 Å². The van der Waals surface area contributed by atoms with Crippen LogP contribution >= 0.6 is 11.6 Å². The Morgan fingerprint density at radius 1 is 1.14 bits per heavy atom. The lowest BCUT2D eigenvalue weighted by Gasteiger charge is -2.16. The molecule has 4 rings (SSSR count). The molecule has 6 nitrogen and oxygen atoms in total. The SMILES string of the molecule is O=C1C(Cc2cc(F)c(F)c(F)c2)CCN1c1cnn(-c2ccnnc2)c1Cl. The maximum atomic E-state index is 13.4. The van der Waals surface area contributed by atoms with E-state index in [0.29, 0.717) is 24.3 Å². The molecular weight excluding hydrogens is 395 g/mol. The minimum absolute atomic E-state index is 0.101. The Hall–Kier alpha value is -2.94. The van der Waals surface area contributed by atoms with Gasteiger partial charge in [-0.25, -0.2) is 17.9 Å². The summed E-state index contributed by atoms with van der Waals surface area (Å²) >= 11 is 6.39. The number of aromatic nitrogens is 4. The fraction of sp³-hybridized carbons (Fsp3) is 0.222. The zero-order valence-electron chi connectivity index (χ0n) is 14.3. The van der Waals surface area contributed by atoms with Crippen LogP contribution in [-0.4, -0.2) is 32.4 Å². The summed E-state index contributed by atoms with van der Waals surface area (Å²) < 4.78 is 41.4. The molecule has 1 saturated heterocycles. The summed E-state index contributed by atoms with van der Waals surface area (Å²) in [5, 5.41) is 11.9. The quantitative estimate of drug-likeness (QED) is 0.622. The lowest BCUT2D eigenvalue weighted by atomic mass is 9.98. The second kappa shape index (κ2) is 7.23. The van der Waals surface area contributed by atoms with E-state index < -0.39 is 23.4 Å². The van der Waals surface area contributed by atoms with Gasteiger partial charge in [0, 0.05) is 12.5 Å². The third-order valence-corrected chi connectivity index (χ3v) is 4.99. The molecule has 0 aliphatic carbocycles. The number of amides is 1. The molecule has 0 radical (unpaired) electrons. The van der Waals surface area contributed by atoms with Crippen LogP contribution in [0.25, 0.3) is 5.69 Å². The summed E-state index contributed by atoms with van der Waals surface area (Å²) in [6, 6.07) is 3.49. The van der Waals surface area contributed by atoms with E-state index in [2.05, 4.69) is 15.3 Å². The zero-order chi connectivity index (χ0) is 19.8. The summed E-state index contributed by atoms with van der Waals surface area (Å²) in [5.74, 6) is -4.79. The molecule has 0 N–H and O–H groups in total. The molecule has 3 heterocycles. The van der Waals surface area contributed by atoms with E-state index in [1.807, 2.05) is 0 Å². The Morgan fingerprint density at radius 2 is 1.89 bits per heavy atom. The predicted octanol–water partition coefficient (Wildman–Crippen LogP) is 3.33. The highest BCUT2D eigenvalue weighted by Gasteiger charge is 2.35. The van der Waals surface area contributed by atoms with Crippen molar-refractivity contribution in [1.29, 1.82) is 0 Å². The average Bonchev–Trinajstić information content (AvgIpc) is 3.23. The predicted molar refractivity (Wildman–Crippen MR) is 94.6 cm³/mol. The van der Waals surface area contributed by atoms with Crippen molar-refractivity contribution < 1.29 is 18.0 Å². The maximum Gasteiger partial charge on any atom is 0.230 e. The normalized spacial score (nSPS) is 16.8. The van der Waals surface area contributed by atoms with Gasteiger partial charge in [-0.15, -0.1) is 0 Å². The highest BCUT2D eigenvalue weighted by atomic mass is 35.5. The monoisotopic (exact) mass is 407 g/mol. The van der Waals surface area contributed by atoms with Crippen LogP contribution in [-0.2, 0) is 11.2 Å². The summed E-state index contributed by atoms with van der Waals surface area (Å²) in [4.78, 5) is 14.3. The van der Waals surface area contributed by atoms with E-state index in [1.165, 1.54) is 28.2 Å². The van der Waals surface area contributed by atoms with Crippen molar-refractivity contribution in [2.24, 2.45) is 5.92 Å². The van der Waals surface area contributed by atoms with E-state index in [1.54, 1.807) is 6.07 Å². The van der Waals surface area contributed by atoms with Gasteiger partial charge in [-0.3, -0.25) is 4.79 Å². The van der Waals surface area contributed by atoms with Gasteiger partial charge in [0.25, 0.3) is 0 Å². The first-order valence-corrected chi connectivity index (χ1v) is 8.79. The molecule has 1 unspecified atom stereocenters. The molecule has 0 spiro atoms. The van der Waals surface area contributed by atoms with Crippen LogP contribution < -0.4 is 4.90 Å². The molecule has 0 saturated carbocycles. The number of hydrogen-bond acceptors (Lipinski definition) is 4. The van der Waals surface area contributed by atoms with Crippen molar-refractivity contribution in [2.45, 2.75) is 12.8 Å². The third kappa shape index (κ3) is 3.22. The lowest BCUT2D eigenvalue weighted by molar-refractivity contribution is -0.120. The van der Waals surface area contributed by atoms with E-state index >= 15 is 0 Å². The average molecular weight is 408 g/mol. The number of carbonyl (C=O) groups is 1. The Labute approximate surface area is 162 Å². The highest BCUT2D eigenvalue weighted by molar-refractivity contribution is 6.33. The van der Waals surface area contributed by atoms with Gasteiger partial charge in [0.05, 0.1) is 24.3 Å². The van der Waals surface area contributed by atoms with E-state index in [0.717, 1.165) is 12.1 Å². The van der Waals surface area contributed by atoms with Crippen LogP contribution in [0, 0.1) is 23.4 Å². The van der Waals surface area contributed by atoms with E-state index in [-0.39, 0.29) is 23.0 Å². The summed E-state index contributed by atoms with van der Waals surface area (Å²) in [5.41, 5.74) is 1.25. The van der Waals surface area contributed by atoms with Crippen LogP contribution in [0.2, 0.25) is 5.15 Å². The number of benzene rings is 1. The summed E-state index contributed by atoms with van der Waals surface area (Å²) in [6.45, 7) is 0.385. The van der Waals surface area contributed by atoms with Crippen LogP contribution in [0.4, 0.5) is 18.9 Å². The molecule has 10 heteroatoms. The van der Waals surface area contributed by atoms with Gasteiger partial charge in [-0.1, -0.05) is 11.6 Å². The van der Waals surface area contributed by atoms with Crippen molar-refractivity contribution in [2.75, 3.05) is 11.4 Å². The Kier molecular flexibility index (Phi) is 4.76. The number of nitrogens with zero attached hydrogens (tertiary/aromatic N) is 5. The first-order chi connectivity index (χ1) is 13.5. The van der Waals surface area contributed by atoms with Crippen molar-refractivity contribution in [1.82, 2.24) is 20.0 Å². The van der Waals surface area contributed by atoms with Crippen molar-refractivity contribution in [3.05, 3.63) is 65.0 Å².